The summed E-state index contributed by atoms with van der Waals surface area (Å²) in [5.74, 6) is 0.466. The molecule has 0 spiro atoms. The summed E-state index contributed by atoms with van der Waals surface area (Å²) in [5.41, 5.74) is 3.07. The minimum Gasteiger partial charge on any atom is -0.492 e. The van der Waals surface area contributed by atoms with Crippen LogP contribution in [0.4, 0.5) is 10.5 Å². The monoisotopic (exact) mass is 382 g/mol. The fourth-order valence-corrected chi connectivity index (χ4v) is 3.54. The van der Waals surface area contributed by atoms with Crippen LogP contribution in [0, 0.1) is 6.92 Å². The van der Waals surface area contributed by atoms with E-state index in [0.29, 0.717) is 4.91 Å². The third kappa shape index (κ3) is 4.71. The Balaban J connectivity index is 1.62. The fourth-order valence-electron chi connectivity index (χ4n) is 2.67. The molecular formula is C21H22N2O3S. The maximum absolute atomic E-state index is 12.5. The summed E-state index contributed by atoms with van der Waals surface area (Å²) in [6, 6.07) is 15.5. The molecule has 0 bridgehead atoms. The predicted octanol–water partition coefficient (Wildman–Crippen LogP) is 4.18. The van der Waals surface area contributed by atoms with Crippen LogP contribution in [0.1, 0.15) is 11.1 Å². The van der Waals surface area contributed by atoms with Crippen LogP contribution >= 0.6 is 11.8 Å². The maximum atomic E-state index is 12.5. The second-order valence-corrected chi connectivity index (χ2v) is 7.48. The molecule has 1 aliphatic rings. The third-order valence-electron chi connectivity index (χ3n) is 4.15. The highest BCUT2D eigenvalue weighted by Gasteiger charge is 2.34. The molecule has 27 heavy (non-hydrogen) atoms. The SMILES string of the molecule is Cc1cccc(OCCN2C(=O)SC(=Cc3ccc(N(C)C)cc3)C2=O)c1. The standard InChI is InChI=1S/C21H22N2O3S/c1-15-5-4-6-18(13-15)26-12-11-23-20(24)19(27-21(23)25)14-16-7-9-17(10-8-16)22(2)3/h4-10,13-14H,11-12H2,1-3H3. The van der Waals surface area contributed by atoms with E-state index < -0.39 is 0 Å². The topological polar surface area (TPSA) is 49.9 Å². The molecule has 2 aromatic rings. The average molecular weight is 382 g/mol. The summed E-state index contributed by atoms with van der Waals surface area (Å²) >= 11 is 0.968. The van der Waals surface area contributed by atoms with E-state index in [1.54, 1.807) is 6.08 Å². The van der Waals surface area contributed by atoms with Crippen molar-refractivity contribution in [3.05, 3.63) is 64.6 Å². The quantitative estimate of drug-likeness (QED) is 0.702. The number of hydrogen-bond acceptors (Lipinski definition) is 5. The molecule has 0 atom stereocenters. The largest absolute Gasteiger partial charge is 0.492 e. The van der Waals surface area contributed by atoms with E-state index in [-0.39, 0.29) is 24.3 Å². The van der Waals surface area contributed by atoms with Gasteiger partial charge in [-0.25, -0.2) is 0 Å². The van der Waals surface area contributed by atoms with Gasteiger partial charge >= 0.3 is 0 Å². The first-order chi connectivity index (χ1) is 12.9. The Morgan fingerprint density at radius 3 is 2.52 bits per heavy atom. The summed E-state index contributed by atoms with van der Waals surface area (Å²) < 4.78 is 5.66. The van der Waals surface area contributed by atoms with Gasteiger partial charge in [-0.1, -0.05) is 24.3 Å². The number of benzene rings is 2. The van der Waals surface area contributed by atoms with Crippen molar-refractivity contribution in [2.75, 3.05) is 32.1 Å². The van der Waals surface area contributed by atoms with E-state index in [9.17, 15) is 9.59 Å². The summed E-state index contributed by atoms with van der Waals surface area (Å²) in [6.45, 7) is 2.49. The Kier molecular flexibility index (Phi) is 5.86. The molecule has 1 heterocycles. The van der Waals surface area contributed by atoms with E-state index in [0.717, 1.165) is 34.3 Å². The molecular weight excluding hydrogens is 360 g/mol. The highest BCUT2D eigenvalue weighted by molar-refractivity contribution is 8.18. The number of ether oxygens (including phenoxy) is 1. The normalized spacial score (nSPS) is 15.5. The number of carbonyl (C=O) groups is 2. The number of carbonyl (C=O) groups excluding carboxylic acids is 2. The first-order valence-corrected chi connectivity index (χ1v) is 9.48. The number of nitrogens with zero attached hydrogens (tertiary/aromatic N) is 2. The van der Waals surface area contributed by atoms with Crippen molar-refractivity contribution in [2.24, 2.45) is 0 Å². The van der Waals surface area contributed by atoms with Crippen molar-refractivity contribution in [1.29, 1.82) is 0 Å². The van der Waals surface area contributed by atoms with Crippen molar-refractivity contribution in [3.8, 4) is 5.75 Å². The van der Waals surface area contributed by atoms with Crippen molar-refractivity contribution in [2.45, 2.75) is 6.92 Å². The van der Waals surface area contributed by atoms with Crippen LogP contribution in [0.15, 0.2) is 53.4 Å². The number of imide groups is 1. The molecule has 1 fully saturated rings. The highest BCUT2D eigenvalue weighted by Crippen LogP contribution is 2.32. The highest BCUT2D eigenvalue weighted by atomic mass is 32.2. The summed E-state index contributed by atoms with van der Waals surface area (Å²) in [7, 11) is 3.94. The number of hydrogen-bond donors (Lipinski definition) is 0. The molecule has 0 saturated carbocycles. The van der Waals surface area contributed by atoms with Gasteiger partial charge in [-0.3, -0.25) is 14.5 Å². The van der Waals surface area contributed by atoms with Gasteiger partial charge < -0.3 is 9.64 Å². The van der Waals surface area contributed by atoms with Crippen molar-refractivity contribution in [1.82, 2.24) is 4.90 Å². The molecule has 1 aliphatic heterocycles. The fraction of sp³-hybridized carbons (Fsp3) is 0.238. The number of aryl methyl sites for hydroxylation is 1. The van der Waals surface area contributed by atoms with E-state index >= 15 is 0 Å². The molecule has 0 unspecified atom stereocenters. The first kappa shape index (κ1) is 19.0. The van der Waals surface area contributed by atoms with Gasteiger partial charge in [-0.15, -0.1) is 0 Å². The molecule has 0 N–H and O–H groups in total. The van der Waals surface area contributed by atoms with E-state index in [2.05, 4.69) is 0 Å². The molecule has 0 radical (unpaired) electrons. The maximum Gasteiger partial charge on any atom is 0.293 e. The molecule has 3 rings (SSSR count). The van der Waals surface area contributed by atoms with Gasteiger partial charge in [0.15, 0.2) is 0 Å². The van der Waals surface area contributed by atoms with Crippen LogP contribution in [0.25, 0.3) is 6.08 Å². The minimum absolute atomic E-state index is 0.232. The lowest BCUT2D eigenvalue weighted by Crippen LogP contribution is -2.32. The molecule has 0 aliphatic carbocycles. The Morgan fingerprint density at radius 2 is 1.85 bits per heavy atom. The van der Waals surface area contributed by atoms with Crippen LogP contribution in [-0.4, -0.2) is 43.3 Å². The summed E-state index contributed by atoms with van der Waals surface area (Å²) in [4.78, 5) is 28.4. The van der Waals surface area contributed by atoms with Crippen molar-refractivity contribution >= 4 is 34.7 Å². The van der Waals surface area contributed by atoms with Crippen LogP contribution in [0.2, 0.25) is 0 Å². The van der Waals surface area contributed by atoms with Crippen molar-refractivity contribution < 1.29 is 14.3 Å². The van der Waals surface area contributed by atoms with Gasteiger partial charge in [-0.2, -0.15) is 0 Å². The van der Waals surface area contributed by atoms with Crippen LogP contribution in [-0.2, 0) is 4.79 Å². The van der Waals surface area contributed by atoms with Crippen LogP contribution in [0.3, 0.4) is 0 Å². The zero-order chi connectivity index (χ0) is 19.4. The Hall–Kier alpha value is -2.73. The van der Waals surface area contributed by atoms with E-state index in [4.69, 9.17) is 4.74 Å². The lowest BCUT2D eigenvalue weighted by Gasteiger charge is -2.13. The molecule has 6 heteroatoms. The molecule has 5 nitrogen and oxygen atoms in total. The van der Waals surface area contributed by atoms with Gasteiger partial charge in [0.25, 0.3) is 11.1 Å². The Morgan fingerprint density at radius 1 is 1.11 bits per heavy atom. The Bertz CT molecular complexity index is 875. The van der Waals surface area contributed by atoms with Crippen molar-refractivity contribution in [3.63, 3.8) is 0 Å². The molecule has 1 saturated heterocycles. The van der Waals surface area contributed by atoms with Gasteiger partial charge in [0.1, 0.15) is 12.4 Å². The zero-order valence-electron chi connectivity index (χ0n) is 15.6. The van der Waals surface area contributed by atoms with Gasteiger partial charge in [0.2, 0.25) is 0 Å². The van der Waals surface area contributed by atoms with Gasteiger partial charge in [-0.05, 0) is 60.2 Å². The lowest BCUT2D eigenvalue weighted by molar-refractivity contribution is -0.123. The van der Waals surface area contributed by atoms with Gasteiger partial charge in [0, 0.05) is 19.8 Å². The molecule has 140 valence electrons. The average Bonchev–Trinajstić information content (AvgIpc) is 2.89. The smallest absolute Gasteiger partial charge is 0.293 e. The van der Waals surface area contributed by atoms with Crippen LogP contribution < -0.4 is 9.64 Å². The number of anilines is 1. The molecule has 0 aromatic heterocycles. The minimum atomic E-state index is -0.269. The number of thioether (sulfide) groups is 1. The van der Waals surface area contributed by atoms with E-state index in [1.807, 2.05) is 74.4 Å². The molecule has 2 aromatic carbocycles. The summed E-state index contributed by atoms with van der Waals surface area (Å²) in [6.07, 6.45) is 1.76. The number of rotatable bonds is 6. The van der Waals surface area contributed by atoms with E-state index in [1.165, 1.54) is 4.90 Å². The van der Waals surface area contributed by atoms with Gasteiger partial charge in [0.05, 0.1) is 11.4 Å². The predicted molar refractivity (Wildman–Crippen MR) is 110 cm³/mol. The van der Waals surface area contributed by atoms with Crippen LogP contribution in [0.5, 0.6) is 5.75 Å². The third-order valence-corrected chi connectivity index (χ3v) is 5.06. The second kappa shape index (κ2) is 8.31. The second-order valence-electron chi connectivity index (χ2n) is 6.48. The Labute approximate surface area is 163 Å². The molecule has 2 amide bonds. The zero-order valence-corrected chi connectivity index (χ0v) is 16.5. The lowest BCUT2D eigenvalue weighted by atomic mass is 10.2. The number of amides is 2. The first-order valence-electron chi connectivity index (χ1n) is 8.66. The summed E-state index contributed by atoms with van der Waals surface area (Å²) in [5, 5.41) is -0.260.